The largest absolute Gasteiger partial charge is 0.322 e. The molecular formula is C19H14ClN3O2. The fourth-order valence-corrected chi connectivity index (χ4v) is 2.43. The summed E-state index contributed by atoms with van der Waals surface area (Å²) in [7, 11) is 0. The van der Waals surface area contributed by atoms with Crippen LogP contribution in [0.5, 0.6) is 0 Å². The minimum absolute atomic E-state index is 0.133. The molecule has 25 heavy (non-hydrogen) atoms. The van der Waals surface area contributed by atoms with Crippen LogP contribution in [0.3, 0.4) is 0 Å². The highest BCUT2D eigenvalue weighted by atomic mass is 35.5. The van der Waals surface area contributed by atoms with E-state index < -0.39 is 0 Å². The highest BCUT2D eigenvalue weighted by Crippen LogP contribution is 2.19. The first-order chi connectivity index (χ1) is 12.1. The molecule has 0 radical (unpaired) electrons. The van der Waals surface area contributed by atoms with Crippen molar-refractivity contribution in [3.63, 3.8) is 0 Å². The Labute approximate surface area is 149 Å². The van der Waals surface area contributed by atoms with Crippen LogP contribution in [0.15, 0.2) is 72.9 Å². The molecule has 0 spiro atoms. The van der Waals surface area contributed by atoms with Crippen LogP contribution in [0.4, 0.5) is 11.4 Å². The lowest BCUT2D eigenvalue weighted by Crippen LogP contribution is -2.14. The van der Waals surface area contributed by atoms with E-state index in [1.165, 1.54) is 6.20 Å². The minimum Gasteiger partial charge on any atom is -0.322 e. The Morgan fingerprint density at radius 3 is 2.16 bits per heavy atom. The molecule has 0 saturated heterocycles. The van der Waals surface area contributed by atoms with Gasteiger partial charge in [-0.2, -0.15) is 0 Å². The monoisotopic (exact) mass is 351 g/mol. The smallest absolute Gasteiger partial charge is 0.258 e. The fraction of sp³-hybridized carbons (Fsp3) is 0. The van der Waals surface area contributed by atoms with Gasteiger partial charge < -0.3 is 10.6 Å². The molecule has 2 amide bonds. The quantitative estimate of drug-likeness (QED) is 0.690. The van der Waals surface area contributed by atoms with Gasteiger partial charge in [0.25, 0.3) is 11.8 Å². The molecule has 0 bridgehead atoms. The van der Waals surface area contributed by atoms with Gasteiger partial charge in [0, 0.05) is 23.1 Å². The van der Waals surface area contributed by atoms with Crippen LogP contribution in [0.25, 0.3) is 0 Å². The molecule has 3 aromatic rings. The average Bonchev–Trinajstić information content (AvgIpc) is 2.63. The molecule has 0 saturated carbocycles. The van der Waals surface area contributed by atoms with Crippen molar-refractivity contribution in [2.24, 2.45) is 0 Å². The van der Waals surface area contributed by atoms with Gasteiger partial charge in [-0.15, -0.1) is 0 Å². The van der Waals surface area contributed by atoms with Crippen LogP contribution in [0, 0.1) is 0 Å². The summed E-state index contributed by atoms with van der Waals surface area (Å²) in [6, 6.07) is 19.0. The van der Waals surface area contributed by atoms with Gasteiger partial charge in [-0.1, -0.05) is 35.9 Å². The molecular weight excluding hydrogens is 338 g/mol. The van der Waals surface area contributed by atoms with E-state index in [1.807, 2.05) is 6.07 Å². The highest BCUT2D eigenvalue weighted by molar-refractivity contribution is 6.33. The summed E-state index contributed by atoms with van der Waals surface area (Å²) in [6.07, 6.45) is 1.51. The molecule has 0 fully saturated rings. The van der Waals surface area contributed by atoms with Gasteiger partial charge in [-0.05, 0) is 42.5 Å². The van der Waals surface area contributed by atoms with Gasteiger partial charge in [0.2, 0.25) is 0 Å². The number of anilines is 2. The molecule has 0 unspecified atom stereocenters. The van der Waals surface area contributed by atoms with E-state index in [2.05, 4.69) is 15.6 Å². The lowest BCUT2D eigenvalue weighted by molar-refractivity contribution is 0.101. The van der Waals surface area contributed by atoms with Gasteiger partial charge in [-0.25, -0.2) is 4.98 Å². The zero-order valence-corrected chi connectivity index (χ0v) is 13.8. The van der Waals surface area contributed by atoms with E-state index in [0.717, 1.165) is 0 Å². The molecule has 1 heterocycles. The third-order valence-corrected chi connectivity index (χ3v) is 3.72. The molecule has 3 rings (SSSR count). The Morgan fingerprint density at radius 2 is 1.48 bits per heavy atom. The summed E-state index contributed by atoms with van der Waals surface area (Å²) in [5, 5.41) is 5.67. The topological polar surface area (TPSA) is 71.1 Å². The number of carbonyl (C=O) groups is 2. The van der Waals surface area contributed by atoms with Gasteiger partial charge in [0.1, 0.15) is 5.15 Å². The van der Waals surface area contributed by atoms with Crippen LogP contribution in [-0.4, -0.2) is 16.8 Å². The Bertz CT molecular complexity index is 913. The summed E-state index contributed by atoms with van der Waals surface area (Å²) >= 11 is 5.92. The zero-order valence-electron chi connectivity index (χ0n) is 13.1. The Balaban J connectivity index is 1.72. The third-order valence-electron chi connectivity index (χ3n) is 3.42. The van der Waals surface area contributed by atoms with Gasteiger partial charge in [-0.3, -0.25) is 9.59 Å². The molecule has 5 nitrogen and oxygen atoms in total. The number of hydrogen-bond acceptors (Lipinski definition) is 3. The number of hydrogen-bond donors (Lipinski definition) is 2. The van der Waals surface area contributed by atoms with E-state index >= 15 is 0 Å². The average molecular weight is 352 g/mol. The van der Waals surface area contributed by atoms with E-state index in [-0.39, 0.29) is 22.5 Å². The highest BCUT2D eigenvalue weighted by Gasteiger charge is 2.11. The summed E-state index contributed by atoms with van der Waals surface area (Å²) in [5.41, 5.74) is 1.95. The zero-order chi connectivity index (χ0) is 17.6. The number of nitrogens with one attached hydrogen (secondary N) is 2. The second-order valence-electron chi connectivity index (χ2n) is 5.20. The molecule has 2 aromatic carbocycles. The molecule has 1 aromatic heterocycles. The maximum Gasteiger partial charge on any atom is 0.258 e. The minimum atomic E-state index is -0.371. The SMILES string of the molecule is O=C(Nc1cccc(NC(=O)c2cccnc2Cl)c1)c1ccccc1. The van der Waals surface area contributed by atoms with Crippen molar-refractivity contribution in [1.29, 1.82) is 0 Å². The number of amides is 2. The maximum absolute atomic E-state index is 12.3. The number of benzene rings is 2. The maximum atomic E-state index is 12.3. The number of pyridine rings is 1. The summed E-state index contributed by atoms with van der Waals surface area (Å²) in [4.78, 5) is 28.3. The fourth-order valence-electron chi connectivity index (χ4n) is 2.22. The molecule has 0 aliphatic heterocycles. The van der Waals surface area contributed by atoms with Gasteiger partial charge in [0.15, 0.2) is 0 Å². The Morgan fingerprint density at radius 1 is 0.800 bits per heavy atom. The summed E-state index contributed by atoms with van der Waals surface area (Å²) in [6.45, 7) is 0. The molecule has 2 N–H and O–H groups in total. The van der Waals surface area contributed by atoms with Crippen molar-refractivity contribution in [3.8, 4) is 0 Å². The molecule has 0 atom stereocenters. The Kier molecular flexibility index (Phi) is 5.06. The summed E-state index contributed by atoms with van der Waals surface area (Å²) in [5.74, 6) is -0.594. The van der Waals surface area contributed by atoms with Crippen LogP contribution in [-0.2, 0) is 0 Å². The number of halogens is 1. The third kappa shape index (κ3) is 4.22. The first kappa shape index (κ1) is 16.7. The van der Waals surface area contributed by atoms with Crippen LogP contribution < -0.4 is 10.6 Å². The van der Waals surface area contributed by atoms with E-state index in [4.69, 9.17) is 11.6 Å². The first-order valence-corrected chi connectivity index (χ1v) is 7.89. The molecule has 0 aliphatic carbocycles. The summed E-state index contributed by atoms with van der Waals surface area (Å²) < 4.78 is 0. The first-order valence-electron chi connectivity index (χ1n) is 7.52. The number of rotatable bonds is 4. The van der Waals surface area contributed by atoms with E-state index in [1.54, 1.807) is 60.7 Å². The van der Waals surface area contributed by atoms with Crippen molar-refractivity contribution >= 4 is 34.8 Å². The normalized spacial score (nSPS) is 10.1. The van der Waals surface area contributed by atoms with Crippen LogP contribution in [0.1, 0.15) is 20.7 Å². The van der Waals surface area contributed by atoms with Crippen LogP contribution in [0.2, 0.25) is 5.15 Å². The predicted molar refractivity (Wildman–Crippen MR) is 98.0 cm³/mol. The standard InChI is InChI=1S/C19H14ClN3O2/c20-17-16(10-5-11-21-17)19(25)23-15-9-4-8-14(12-15)22-18(24)13-6-2-1-3-7-13/h1-12H,(H,22,24)(H,23,25). The van der Waals surface area contributed by atoms with E-state index in [9.17, 15) is 9.59 Å². The molecule has 0 aliphatic rings. The van der Waals surface area contributed by atoms with Crippen molar-refractivity contribution in [2.45, 2.75) is 0 Å². The lowest BCUT2D eigenvalue weighted by Gasteiger charge is -2.09. The second-order valence-corrected chi connectivity index (χ2v) is 5.55. The van der Waals surface area contributed by atoms with Crippen molar-refractivity contribution in [2.75, 3.05) is 10.6 Å². The number of nitrogens with zero attached hydrogens (tertiary/aromatic N) is 1. The Hall–Kier alpha value is -3.18. The van der Waals surface area contributed by atoms with Crippen LogP contribution >= 0.6 is 11.6 Å². The second kappa shape index (κ2) is 7.59. The van der Waals surface area contributed by atoms with Crippen molar-refractivity contribution in [1.82, 2.24) is 4.98 Å². The predicted octanol–water partition coefficient (Wildman–Crippen LogP) is 4.24. The number of carbonyl (C=O) groups excluding carboxylic acids is 2. The lowest BCUT2D eigenvalue weighted by atomic mass is 10.2. The van der Waals surface area contributed by atoms with E-state index in [0.29, 0.717) is 16.9 Å². The van der Waals surface area contributed by atoms with Gasteiger partial charge >= 0.3 is 0 Å². The van der Waals surface area contributed by atoms with Gasteiger partial charge in [0.05, 0.1) is 5.56 Å². The van der Waals surface area contributed by atoms with Crippen molar-refractivity contribution in [3.05, 3.63) is 89.2 Å². The van der Waals surface area contributed by atoms with Crippen molar-refractivity contribution < 1.29 is 9.59 Å². The molecule has 6 heteroatoms. The molecule has 124 valence electrons. The number of aromatic nitrogens is 1.